The van der Waals surface area contributed by atoms with Crippen LogP contribution in [0.4, 0.5) is 16.3 Å². The summed E-state index contributed by atoms with van der Waals surface area (Å²) in [6.07, 6.45) is 2.17. The Morgan fingerprint density at radius 2 is 1.87 bits per heavy atom. The normalized spacial score (nSPS) is 18.7. The molecule has 2 atom stereocenters. The molecule has 1 saturated heterocycles. The number of amides is 2. The second-order valence-corrected chi connectivity index (χ2v) is 7.36. The van der Waals surface area contributed by atoms with Crippen LogP contribution in [0.5, 0.6) is 5.75 Å². The second kappa shape index (κ2) is 10.8. The minimum absolute atomic E-state index is 0.187. The van der Waals surface area contributed by atoms with E-state index in [9.17, 15) is 4.79 Å². The van der Waals surface area contributed by atoms with E-state index < -0.39 is 0 Å². The van der Waals surface area contributed by atoms with Gasteiger partial charge in [0.15, 0.2) is 0 Å². The number of pyridine rings is 1. The monoisotopic (exact) mass is 414 g/mol. The van der Waals surface area contributed by atoms with Gasteiger partial charge in [0.05, 0.1) is 18.8 Å². The Balaban J connectivity index is 1.44. The zero-order chi connectivity index (χ0) is 21.3. The summed E-state index contributed by atoms with van der Waals surface area (Å²) in [5.41, 5.74) is 1.63. The predicted octanol–water partition coefficient (Wildman–Crippen LogP) is 3.04. The lowest BCUT2D eigenvalue weighted by Gasteiger charge is -2.36. The maximum Gasteiger partial charge on any atom is 0.319 e. The molecule has 2 amide bonds. The summed E-state index contributed by atoms with van der Waals surface area (Å²) in [5, 5.41) is 5.65. The average Bonchev–Trinajstić information content (AvgIpc) is 2.73. The second-order valence-electron chi connectivity index (χ2n) is 7.36. The molecule has 162 valence electrons. The van der Waals surface area contributed by atoms with Crippen LogP contribution in [0, 0.1) is 0 Å². The van der Waals surface area contributed by atoms with Gasteiger partial charge in [-0.1, -0.05) is 6.07 Å². The van der Waals surface area contributed by atoms with Crippen molar-refractivity contribution in [2.24, 2.45) is 0 Å². The third kappa shape index (κ3) is 6.60. The van der Waals surface area contributed by atoms with Crippen LogP contribution >= 0.6 is 0 Å². The molecule has 2 aromatic rings. The number of nitrogens with one attached hydrogen (secondary N) is 2. The van der Waals surface area contributed by atoms with Gasteiger partial charge in [-0.3, -0.25) is 0 Å². The van der Waals surface area contributed by atoms with Crippen molar-refractivity contribution in [1.82, 2.24) is 10.3 Å². The number of carbonyl (C=O) groups excluding carboxylic acids is 1. The molecule has 0 saturated carbocycles. The number of benzene rings is 1. The van der Waals surface area contributed by atoms with E-state index in [1.165, 1.54) is 0 Å². The first kappa shape index (κ1) is 21.9. The lowest BCUT2D eigenvalue weighted by atomic mass is 10.2. The van der Waals surface area contributed by atoms with Gasteiger partial charge in [-0.2, -0.15) is 0 Å². The molecule has 1 aliphatic rings. The van der Waals surface area contributed by atoms with Crippen LogP contribution in [-0.4, -0.2) is 56.6 Å². The van der Waals surface area contributed by atoms with Crippen LogP contribution < -0.4 is 20.3 Å². The smallest absolute Gasteiger partial charge is 0.319 e. The van der Waals surface area contributed by atoms with E-state index in [0.717, 1.165) is 30.2 Å². The average molecular weight is 415 g/mol. The number of hydrogen-bond donors (Lipinski definition) is 2. The molecule has 1 fully saturated rings. The number of hydrogen-bond acceptors (Lipinski definition) is 6. The SMILES string of the molecule is COCCOc1ccc(NC(=O)NCc2ccc(N3CC(C)OC(C)C3)nc2)cc1. The van der Waals surface area contributed by atoms with Crippen molar-refractivity contribution in [1.29, 1.82) is 0 Å². The number of nitrogens with zero attached hydrogens (tertiary/aromatic N) is 2. The van der Waals surface area contributed by atoms with Gasteiger partial charge in [0.1, 0.15) is 18.2 Å². The summed E-state index contributed by atoms with van der Waals surface area (Å²) in [6.45, 7) is 7.21. The van der Waals surface area contributed by atoms with E-state index in [0.29, 0.717) is 25.4 Å². The van der Waals surface area contributed by atoms with Gasteiger partial charge in [-0.05, 0) is 49.7 Å². The van der Waals surface area contributed by atoms with Crippen LogP contribution in [0.25, 0.3) is 0 Å². The molecular weight excluding hydrogens is 384 g/mol. The topological polar surface area (TPSA) is 85.0 Å². The maximum atomic E-state index is 12.2. The fourth-order valence-electron chi connectivity index (χ4n) is 3.31. The first-order valence-corrected chi connectivity index (χ1v) is 10.2. The first-order chi connectivity index (χ1) is 14.5. The molecule has 2 heterocycles. The van der Waals surface area contributed by atoms with Crippen molar-refractivity contribution in [3.8, 4) is 5.75 Å². The van der Waals surface area contributed by atoms with Crippen LogP contribution in [0.2, 0.25) is 0 Å². The first-order valence-electron chi connectivity index (χ1n) is 10.2. The number of rotatable bonds is 8. The molecule has 0 radical (unpaired) electrons. The van der Waals surface area contributed by atoms with Crippen molar-refractivity contribution in [2.45, 2.75) is 32.6 Å². The van der Waals surface area contributed by atoms with E-state index in [-0.39, 0.29) is 18.2 Å². The minimum Gasteiger partial charge on any atom is -0.491 e. The third-order valence-corrected chi connectivity index (χ3v) is 4.67. The molecular formula is C22H30N4O4. The number of carbonyl (C=O) groups is 1. The Labute approximate surface area is 177 Å². The van der Waals surface area contributed by atoms with Gasteiger partial charge in [0.2, 0.25) is 0 Å². The predicted molar refractivity (Wildman–Crippen MR) is 116 cm³/mol. The number of morpholine rings is 1. The molecule has 8 nitrogen and oxygen atoms in total. The van der Waals surface area contributed by atoms with E-state index in [4.69, 9.17) is 14.2 Å². The lowest BCUT2D eigenvalue weighted by Crippen LogP contribution is -2.45. The van der Waals surface area contributed by atoms with E-state index >= 15 is 0 Å². The lowest BCUT2D eigenvalue weighted by molar-refractivity contribution is -0.00546. The highest BCUT2D eigenvalue weighted by Crippen LogP contribution is 2.18. The Bertz CT molecular complexity index is 788. The van der Waals surface area contributed by atoms with Gasteiger partial charge in [-0.25, -0.2) is 9.78 Å². The maximum absolute atomic E-state index is 12.2. The van der Waals surface area contributed by atoms with Crippen LogP contribution in [0.1, 0.15) is 19.4 Å². The highest BCUT2D eigenvalue weighted by Gasteiger charge is 2.22. The fraction of sp³-hybridized carbons (Fsp3) is 0.455. The van der Waals surface area contributed by atoms with Gasteiger partial charge >= 0.3 is 6.03 Å². The highest BCUT2D eigenvalue weighted by molar-refractivity contribution is 5.89. The van der Waals surface area contributed by atoms with Crippen molar-refractivity contribution in [3.05, 3.63) is 48.2 Å². The molecule has 1 aliphatic heterocycles. The quantitative estimate of drug-likeness (QED) is 0.646. The fourth-order valence-corrected chi connectivity index (χ4v) is 3.31. The Kier molecular flexibility index (Phi) is 7.87. The Morgan fingerprint density at radius 1 is 1.13 bits per heavy atom. The van der Waals surface area contributed by atoms with E-state index in [1.54, 1.807) is 37.6 Å². The molecule has 3 rings (SSSR count). The summed E-state index contributed by atoms with van der Waals surface area (Å²) in [7, 11) is 1.63. The molecule has 0 aliphatic carbocycles. The van der Waals surface area contributed by atoms with Crippen molar-refractivity contribution in [2.75, 3.05) is 43.6 Å². The van der Waals surface area contributed by atoms with E-state index in [2.05, 4.69) is 34.4 Å². The van der Waals surface area contributed by atoms with Crippen LogP contribution in [0.3, 0.4) is 0 Å². The van der Waals surface area contributed by atoms with Crippen LogP contribution in [-0.2, 0) is 16.0 Å². The molecule has 2 N–H and O–H groups in total. The molecule has 2 unspecified atom stereocenters. The minimum atomic E-state index is -0.275. The van der Waals surface area contributed by atoms with Gasteiger partial charge in [0, 0.05) is 38.6 Å². The van der Waals surface area contributed by atoms with Gasteiger partial charge < -0.3 is 29.7 Å². The van der Waals surface area contributed by atoms with Crippen LogP contribution in [0.15, 0.2) is 42.6 Å². The Hall–Kier alpha value is -2.84. The number of aromatic nitrogens is 1. The summed E-state index contributed by atoms with van der Waals surface area (Å²) >= 11 is 0. The summed E-state index contributed by atoms with van der Waals surface area (Å²) in [4.78, 5) is 18.9. The highest BCUT2D eigenvalue weighted by atomic mass is 16.5. The zero-order valence-electron chi connectivity index (χ0n) is 17.8. The molecule has 0 bridgehead atoms. The standard InChI is InChI=1S/C22H30N4O4/c1-16-14-26(15-17(2)30-16)21-9-4-18(12-23-21)13-24-22(27)25-19-5-7-20(8-6-19)29-11-10-28-3/h4-9,12,16-17H,10-11,13-15H2,1-3H3,(H2,24,25,27). The van der Waals surface area contributed by atoms with Gasteiger partial charge in [-0.15, -0.1) is 0 Å². The molecule has 0 spiro atoms. The molecule has 1 aromatic carbocycles. The Morgan fingerprint density at radius 3 is 2.50 bits per heavy atom. The number of urea groups is 1. The molecule has 8 heteroatoms. The number of ether oxygens (including phenoxy) is 3. The summed E-state index contributed by atoms with van der Waals surface area (Å²) in [5.74, 6) is 1.66. The van der Waals surface area contributed by atoms with E-state index in [1.807, 2.05) is 12.1 Å². The van der Waals surface area contributed by atoms with Gasteiger partial charge in [0.25, 0.3) is 0 Å². The van der Waals surface area contributed by atoms with Crippen molar-refractivity contribution in [3.63, 3.8) is 0 Å². The summed E-state index contributed by atoms with van der Waals surface area (Å²) in [6, 6.07) is 10.9. The third-order valence-electron chi connectivity index (χ3n) is 4.67. The zero-order valence-corrected chi connectivity index (χ0v) is 17.8. The molecule has 30 heavy (non-hydrogen) atoms. The number of methoxy groups -OCH3 is 1. The van der Waals surface area contributed by atoms with Crippen molar-refractivity contribution >= 4 is 17.5 Å². The summed E-state index contributed by atoms with van der Waals surface area (Å²) < 4.78 is 16.2. The molecule has 1 aromatic heterocycles. The van der Waals surface area contributed by atoms with Crippen molar-refractivity contribution < 1.29 is 19.0 Å². The number of anilines is 2. The largest absolute Gasteiger partial charge is 0.491 e.